The Morgan fingerprint density at radius 2 is 2.15 bits per heavy atom. The number of rotatable bonds is 6. The molecule has 1 aromatic heterocycles. The third kappa shape index (κ3) is 3.83. The highest BCUT2D eigenvalue weighted by molar-refractivity contribution is 9.11. The first-order chi connectivity index (χ1) is 9.59. The number of likely N-dealkylation sites (tertiary alicyclic amines) is 1. The maximum absolute atomic E-state index is 6.15. The van der Waals surface area contributed by atoms with Gasteiger partial charge in [0.25, 0.3) is 0 Å². The van der Waals surface area contributed by atoms with Crippen LogP contribution in [0.5, 0.6) is 0 Å². The van der Waals surface area contributed by atoms with E-state index in [-0.39, 0.29) is 5.54 Å². The van der Waals surface area contributed by atoms with E-state index in [0.29, 0.717) is 0 Å². The molecule has 1 aliphatic rings. The van der Waals surface area contributed by atoms with Crippen LogP contribution in [0.25, 0.3) is 0 Å². The molecule has 1 saturated heterocycles. The van der Waals surface area contributed by atoms with Crippen LogP contribution in [0.2, 0.25) is 0 Å². The van der Waals surface area contributed by atoms with Crippen LogP contribution in [-0.2, 0) is 6.54 Å². The van der Waals surface area contributed by atoms with Crippen molar-refractivity contribution in [1.29, 1.82) is 0 Å². The van der Waals surface area contributed by atoms with Crippen LogP contribution in [0.4, 0.5) is 0 Å². The zero-order valence-corrected chi connectivity index (χ0v) is 15.0. The standard InChI is InChI=1S/C15H26BrN3S/c1-3-6-19-7-4-15(12-17,5-8-19)18(2)10-13-9-14(16)20-11-13/h9,11H,3-8,10,12,17H2,1-2H3. The highest BCUT2D eigenvalue weighted by Crippen LogP contribution is 2.30. The summed E-state index contributed by atoms with van der Waals surface area (Å²) in [4.78, 5) is 5.05. The maximum Gasteiger partial charge on any atom is 0.0701 e. The molecule has 114 valence electrons. The summed E-state index contributed by atoms with van der Waals surface area (Å²) in [5.74, 6) is 0. The van der Waals surface area contributed by atoms with Crippen molar-refractivity contribution in [3.63, 3.8) is 0 Å². The van der Waals surface area contributed by atoms with E-state index in [1.54, 1.807) is 11.3 Å². The van der Waals surface area contributed by atoms with E-state index in [9.17, 15) is 0 Å². The molecule has 5 heteroatoms. The van der Waals surface area contributed by atoms with Crippen LogP contribution < -0.4 is 5.73 Å². The fourth-order valence-corrected chi connectivity index (χ4v) is 4.32. The smallest absolute Gasteiger partial charge is 0.0701 e. The summed E-state index contributed by atoms with van der Waals surface area (Å²) in [5.41, 5.74) is 7.71. The third-order valence-corrected chi connectivity index (χ3v) is 6.11. The lowest BCUT2D eigenvalue weighted by Gasteiger charge is -2.47. The van der Waals surface area contributed by atoms with Gasteiger partial charge in [0.1, 0.15) is 0 Å². The first-order valence-corrected chi connectivity index (χ1v) is 9.13. The van der Waals surface area contributed by atoms with Crippen molar-refractivity contribution in [3.05, 3.63) is 20.8 Å². The highest BCUT2D eigenvalue weighted by atomic mass is 79.9. The molecule has 0 spiro atoms. The normalized spacial score (nSPS) is 19.6. The van der Waals surface area contributed by atoms with Gasteiger partial charge in [-0.05, 0) is 78.9 Å². The molecule has 1 aromatic rings. The van der Waals surface area contributed by atoms with Gasteiger partial charge in [0, 0.05) is 18.6 Å². The zero-order valence-electron chi connectivity index (χ0n) is 12.6. The number of hydrogen-bond acceptors (Lipinski definition) is 4. The molecule has 20 heavy (non-hydrogen) atoms. The number of likely N-dealkylation sites (N-methyl/N-ethyl adjacent to an activating group) is 1. The first kappa shape index (κ1) is 16.4. The van der Waals surface area contributed by atoms with Crippen molar-refractivity contribution in [1.82, 2.24) is 9.80 Å². The fourth-order valence-electron chi connectivity index (χ4n) is 3.12. The van der Waals surface area contributed by atoms with Gasteiger partial charge in [0.05, 0.1) is 3.79 Å². The molecule has 1 aliphatic heterocycles. The summed E-state index contributed by atoms with van der Waals surface area (Å²) in [6.07, 6.45) is 3.62. The van der Waals surface area contributed by atoms with Gasteiger partial charge in [-0.2, -0.15) is 0 Å². The predicted octanol–water partition coefficient (Wildman–Crippen LogP) is 3.15. The van der Waals surface area contributed by atoms with Crippen LogP contribution in [0, 0.1) is 0 Å². The van der Waals surface area contributed by atoms with Crippen molar-refractivity contribution in [2.75, 3.05) is 33.2 Å². The third-order valence-electron chi connectivity index (χ3n) is 4.56. The van der Waals surface area contributed by atoms with Gasteiger partial charge in [-0.15, -0.1) is 11.3 Å². The van der Waals surface area contributed by atoms with Gasteiger partial charge in [0.2, 0.25) is 0 Å². The molecule has 0 aromatic carbocycles. The van der Waals surface area contributed by atoms with Crippen LogP contribution in [-0.4, -0.2) is 48.6 Å². The van der Waals surface area contributed by atoms with Crippen LogP contribution in [0.1, 0.15) is 31.7 Å². The lowest BCUT2D eigenvalue weighted by atomic mass is 9.85. The van der Waals surface area contributed by atoms with Crippen LogP contribution in [0.15, 0.2) is 15.2 Å². The second kappa shape index (κ2) is 7.36. The van der Waals surface area contributed by atoms with Gasteiger partial charge in [-0.3, -0.25) is 4.90 Å². The molecule has 0 aliphatic carbocycles. The Morgan fingerprint density at radius 3 is 2.65 bits per heavy atom. The molecular formula is C15H26BrN3S. The highest BCUT2D eigenvalue weighted by Gasteiger charge is 2.36. The SMILES string of the molecule is CCCN1CCC(CN)(N(C)Cc2csc(Br)c2)CC1. The van der Waals surface area contributed by atoms with Crippen molar-refractivity contribution >= 4 is 27.3 Å². The number of thiophene rings is 1. The topological polar surface area (TPSA) is 32.5 Å². The monoisotopic (exact) mass is 359 g/mol. The summed E-state index contributed by atoms with van der Waals surface area (Å²) >= 11 is 5.30. The van der Waals surface area contributed by atoms with Gasteiger partial charge >= 0.3 is 0 Å². The molecule has 0 saturated carbocycles. The minimum absolute atomic E-state index is 0.179. The Morgan fingerprint density at radius 1 is 1.45 bits per heavy atom. The lowest BCUT2D eigenvalue weighted by molar-refractivity contribution is 0.0402. The summed E-state index contributed by atoms with van der Waals surface area (Å²) in [5, 5.41) is 2.23. The summed E-state index contributed by atoms with van der Waals surface area (Å²) < 4.78 is 1.21. The first-order valence-electron chi connectivity index (χ1n) is 7.46. The Hall–Kier alpha value is 0.0600. The van der Waals surface area contributed by atoms with E-state index in [0.717, 1.165) is 13.1 Å². The molecule has 2 N–H and O–H groups in total. The number of halogens is 1. The van der Waals surface area contributed by atoms with Gasteiger partial charge in [-0.1, -0.05) is 6.92 Å². The van der Waals surface area contributed by atoms with Crippen molar-refractivity contribution in [2.45, 2.75) is 38.3 Å². The lowest BCUT2D eigenvalue weighted by Crippen LogP contribution is -2.57. The van der Waals surface area contributed by atoms with Gasteiger partial charge < -0.3 is 10.6 Å². The van der Waals surface area contributed by atoms with Gasteiger partial charge in [0.15, 0.2) is 0 Å². The Labute approximate surface area is 135 Å². The molecular weight excluding hydrogens is 334 g/mol. The maximum atomic E-state index is 6.15. The average Bonchev–Trinajstić information content (AvgIpc) is 2.85. The Kier molecular flexibility index (Phi) is 6.05. The molecule has 3 nitrogen and oxygen atoms in total. The Balaban J connectivity index is 1.96. The fraction of sp³-hybridized carbons (Fsp3) is 0.733. The van der Waals surface area contributed by atoms with Crippen molar-refractivity contribution in [3.8, 4) is 0 Å². The molecule has 0 amide bonds. The van der Waals surface area contributed by atoms with E-state index in [4.69, 9.17) is 5.73 Å². The number of hydrogen-bond donors (Lipinski definition) is 1. The van der Waals surface area contributed by atoms with E-state index in [1.165, 1.54) is 48.2 Å². The molecule has 0 bridgehead atoms. The molecule has 2 rings (SSSR count). The number of nitrogens with zero attached hydrogens (tertiary/aromatic N) is 2. The predicted molar refractivity (Wildman–Crippen MR) is 91.2 cm³/mol. The minimum Gasteiger partial charge on any atom is -0.329 e. The zero-order chi connectivity index (χ0) is 14.6. The second-order valence-corrected chi connectivity index (χ2v) is 8.18. The van der Waals surface area contributed by atoms with E-state index < -0.39 is 0 Å². The summed E-state index contributed by atoms with van der Waals surface area (Å²) in [6, 6.07) is 2.22. The summed E-state index contributed by atoms with van der Waals surface area (Å²) in [6.45, 7) is 7.60. The molecule has 1 fully saturated rings. The second-order valence-electron chi connectivity index (χ2n) is 5.89. The summed E-state index contributed by atoms with van der Waals surface area (Å²) in [7, 11) is 2.23. The number of piperidine rings is 1. The molecule has 0 atom stereocenters. The van der Waals surface area contributed by atoms with Crippen molar-refractivity contribution < 1.29 is 0 Å². The molecule has 0 unspecified atom stereocenters. The largest absolute Gasteiger partial charge is 0.329 e. The molecule has 2 heterocycles. The van der Waals surface area contributed by atoms with Crippen molar-refractivity contribution in [2.24, 2.45) is 5.73 Å². The minimum atomic E-state index is 0.179. The van der Waals surface area contributed by atoms with E-state index in [1.807, 2.05) is 0 Å². The van der Waals surface area contributed by atoms with E-state index >= 15 is 0 Å². The van der Waals surface area contributed by atoms with Gasteiger partial charge in [-0.25, -0.2) is 0 Å². The quantitative estimate of drug-likeness (QED) is 0.846. The van der Waals surface area contributed by atoms with Crippen LogP contribution in [0.3, 0.4) is 0 Å². The van der Waals surface area contributed by atoms with E-state index in [2.05, 4.69) is 51.1 Å². The number of nitrogens with two attached hydrogens (primary N) is 1. The average molecular weight is 360 g/mol. The molecule has 0 radical (unpaired) electrons. The Bertz CT molecular complexity index is 413. The van der Waals surface area contributed by atoms with Crippen LogP contribution >= 0.6 is 27.3 Å².